The van der Waals surface area contributed by atoms with Gasteiger partial charge >= 0.3 is 0 Å². The van der Waals surface area contributed by atoms with Gasteiger partial charge in [0.05, 0.1) is 18.2 Å². The molecule has 0 aliphatic carbocycles. The molecule has 0 amide bonds. The number of hydrogen-bond donors (Lipinski definition) is 0. The molecule has 0 bridgehead atoms. The lowest BCUT2D eigenvalue weighted by Gasteiger charge is -2.10. The summed E-state index contributed by atoms with van der Waals surface area (Å²) in [5, 5.41) is 8.70. The molecule has 0 spiro atoms. The van der Waals surface area contributed by atoms with Gasteiger partial charge in [0.25, 0.3) is 0 Å². The van der Waals surface area contributed by atoms with Crippen LogP contribution in [0.2, 0.25) is 0 Å². The van der Waals surface area contributed by atoms with Gasteiger partial charge in [-0.15, -0.1) is 0 Å². The molecule has 0 aliphatic rings. The van der Waals surface area contributed by atoms with Crippen molar-refractivity contribution >= 4 is 0 Å². The molecule has 0 atom stereocenters. The summed E-state index contributed by atoms with van der Waals surface area (Å²) < 4.78 is 18.9. The van der Waals surface area contributed by atoms with Crippen molar-refractivity contribution in [3.05, 3.63) is 29.1 Å². The quantitative estimate of drug-likeness (QED) is 0.760. The van der Waals surface area contributed by atoms with Gasteiger partial charge in [0.2, 0.25) is 0 Å². The lowest BCUT2D eigenvalue weighted by Crippen LogP contribution is -2.01. The SMILES string of the molecule is CCCOc1cc(C#N)cc(F)c1CC. The molecular weight excluding hydrogens is 193 g/mol. The maximum Gasteiger partial charge on any atom is 0.131 e. The molecule has 1 aromatic carbocycles. The zero-order valence-electron chi connectivity index (χ0n) is 9.01. The zero-order chi connectivity index (χ0) is 11.3. The van der Waals surface area contributed by atoms with E-state index in [1.54, 1.807) is 6.07 Å². The number of halogens is 1. The second-order valence-electron chi connectivity index (χ2n) is 3.25. The Kier molecular flexibility index (Phi) is 4.11. The highest BCUT2D eigenvalue weighted by atomic mass is 19.1. The standard InChI is InChI=1S/C12H14FNO/c1-3-5-15-12-7-9(8-14)6-11(13)10(12)4-2/h6-7H,3-5H2,1-2H3. The fourth-order valence-electron chi connectivity index (χ4n) is 1.36. The third kappa shape index (κ3) is 2.69. The lowest BCUT2D eigenvalue weighted by atomic mass is 10.1. The van der Waals surface area contributed by atoms with E-state index in [9.17, 15) is 4.39 Å². The summed E-state index contributed by atoms with van der Waals surface area (Å²) in [7, 11) is 0. The first kappa shape index (κ1) is 11.5. The van der Waals surface area contributed by atoms with Gasteiger partial charge in [-0.25, -0.2) is 4.39 Å². The largest absolute Gasteiger partial charge is 0.493 e. The molecule has 0 fully saturated rings. The Hall–Kier alpha value is -1.56. The van der Waals surface area contributed by atoms with E-state index in [1.807, 2.05) is 19.9 Å². The molecule has 1 aromatic rings. The molecule has 0 N–H and O–H groups in total. The molecule has 0 saturated carbocycles. The molecule has 2 nitrogen and oxygen atoms in total. The molecule has 1 rings (SSSR count). The monoisotopic (exact) mass is 207 g/mol. The van der Waals surface area contributed by atoms with E-state index in [-0.39, 0.29) is 5.82 Å². The first-order chi connectivity index (χ1) is 7.22. The van der Waals surface area contributed by atoms with Crippen LogP contribution >= 0.6 is 0 Å². The molecule has 80 valence electrons. The lowest BCUT2D eigenvalue weighted by molar-refractivity contribution is 0.312. The van der Waals surface area contributed by atoms with Crippen molar-refractivity contribution in [1.82, 2.24) is 0 Å². The number of rotatable bonds is 4. The minimum absolute atomic E-state index is 0.302. The Labute approximate surface area is 89.3 Å². The molecule has 0 aromatic heterocycles. The molecule has 0 radical (unpaired) electrons. The summed E-state index contributed by atoms with van der Waals surface area (Å²) in [6.45, 7) is 4.39. The van der Waals surface area contributed by atoms with Gasteiger partial charge in [0.15, 0.2) is 0 Å². The van der Waals surface area contributed by atoms with Crippen molar-refractivity contribution in [3.63, 3.8) is 0 Å². The average Bonchev–Trinajstić information content (AvgIpc) is 2.25. The summed E-state index contributed by atoms with van der Waals surface area (Å²) in [5.74, 6) is 0.138. The van der Waals surface area contributed by atoms with Crippen molar-refractivity contribution < 1.29 is 9.13 Å². The van der Waals surface area contributed by atoms with Crippen LogP contribution < -0.4 is 4.74 Å². The Morgan fingerprint density at radius 2 is 2.13 bits per heavy atom. The Morgan fingerprint density at radius 1 is 1.40 bits per heavy atom. The van der Waals surface area contributed by atoms with E-state index >= 15 is 0 Å². The predicted molar refractivity (Wildman–Crippen MR) is 56.3 cm³/mol. The topological polar surface area (TPSA) is 33.0 Å². The summed E-state index contributed by atoms with van der Waals surface area (Å²) in [6.07, 6.45) is 1.43. The third-order valence-electron chi connectivity index (χ3n) is 2.10. The number of ether oxygens (including phenoxy) is 1. The van der Waals surface area contributed by atoms with Crippen LogP contribution in [0, 0.1) is 17.1 Å². The molecule has 0 aliphatic heterocycles. The van der Waals surface area contributed by atoms with Gasteiger partial charge in [0, 0.05) is 5.56 Å². The molecule has 0 unspecified atom stereocenters. The number of benzene rings is 1. The van der Waals surface area contributed by atoms with Crippen LogP contribution in [-0.4, -0.2) is 6.61 Å². The molecular formula is C12H14FNO. The van der Waals surface area contributed by atoms with Crippen LogP contribution in [0.4, 0.5) is 4.39 Å². The fraction of sp³-hybridized carbons (Fsp3) is 0.417. The van der Waals surface area contributed by atoms with E-state index in [0.717, 1.165) is 6.42 Å². The van der Waals surface area contributed by atoms with Crippen molar-refractivity contribution in [2.75, 3.05) is 6.61 Å². The normalized spacial score (nSPS) is 9.73. The maximum atomic E-state index is 13.5. The third-order valence-corrected chi connectivity index (χ3v) is 2.10. The fourth-order valence-corrected chi connectivity index (χ4v) is 1.36. The summed E-state index contributed by atoms with van der Waals surface area (Å²) in [6, 6.07) is 4.76. The number of nitrogens with zero attached hydrogens (tertiary/aromatic N) is 1. The minimum Gasteiger partial charge on any atom is -0.493 e. The van der Waals surface area contributed by atoms with E-state index in [1.165, 1.54) is 6.07 Å². The summed E-state index contributed by atoms with van der Waals surface area (Å²) in [5.41, 5.74) is 0.846. The molecule has 15 heavy (non-hydrogen) atoms. The van der Waals surface area contributed by atoms with Crippen molar-refractivity contribution in [2.45, 2.75) is 26.7 Å². The second kappa shape index (κ2) is 5.35. The van der Waals surface area contributed by atoms with E-state index in [4.69, 9.17) is 10.00 Å². The van der Waals surface area contributed by atoms with Crippen LogP contribution in [0.15, 0.2) is 12.1 Å². The first-order valence-corrected chi connectivity index (χ1v) is 5.08. The molecule has 3 heteroatoms. The summed E-state index contributed by atoms with van der Waals surface area (Å²) in [4.78, 5) is 0. The summed E-state index contributed by atoms with van der Waals surface area (Å²) >= 11 is 0. The van der Waals surface area contributed by atoms with Crippen molar-refractivity contribution in [2.24, 2.45) is 0 Å². The molecule has 0 heterocycles. The maximum absolute atomic E-state index is 13.5. The van der Waals surface area contributed by atoms with E-state index in [2.05, 4.69) is 0 Å². The minimum atomic E-state index is -0.359. The van der Waals surface area contributed by atoms with Crippen LogP contribution in [-0.2, 0) is 6.42 Å². The zero-order valence-corrected chi connectivity index (χ0v) is 9.01. The highest BCUT2D eigenvalue weighted by Gasteiger charge is 2.10. The van der Waals surface area contributed by atoms with Crippen LogP contribution in [0.25, 0.3) is 0 Å². The van der Waals surface area contributed by atoms with Gasteiger partial charge in [-0.3, -0.25) is 0 Å². The Morgan fingerprint density at radius 3 is 2.67 bits per heavy atom. The van der Waals surface area contributed by atoms with Crippen molar-refractivity contribution in [1.29, 1.82) is 5.26 Å². The van der Waals surface area contributed by atoms with Crippen LogP contribution in [0.5, 0.6) is 5.75 Å². The number of nitriles is 1. The Balaban J connectivity index is 3.09. The highest BCUT2D eigenvalue weighted by Crippen LogP contribution is 2.24. The Bertz CT molecular complexity index is 382. The van der Waals surface area contributed by atoms with E-state index < -0.39 is 0 Å². The smallest absolute Gasteiger partial charge is 0.131 e. The predicted octanol–water partition coefficient (Wildman–Crippen LogP) is 3.05. The van der Waals surface area contributed by atoms with Crippen LogP contribution in [0.3, 0.4) is 0 Å². The highest BCUT2D eigenvalue weighted by molar-refractivity contribution is 5.43. The number of hydrogen-bond acceptors (Lipinski definition) is 2. The van der Waals surface area contributed by atoms with Crippen molar-refractivity contribution in [3.8, 4) is 11.8 Å². The van der Waals surface area contributed by atoms with Gasteiger partial charge in [-0.05, 0) is 25.0 Å². The van der Waals surface area contributed by atoms with Gasteiger partial charge in [-0.2, -0.15) is 5.26 Å². The first-order valence-electron chi connectivity index (χ1n) is 5.08. The molecule has 0 saturated heterocycles. The van der Waals surface area contributed by atoms with Gasteiger partial charge in [0.1, 0.15) is 11.6 Å². The average molecular weight is 207 g/mol. The second-order valence-corrected chi connectivity index (χ2v) is 3.25. The van der Waals surface area contributed by atoms with Gasteiger partial charge < -0.3 is 4.74 Å². The van der Waals surface area contributed by atoms with E-state index in [0.29, 0.717) is 29.9 Å². The van der Waals surface area contributed by atoms with Crippen LogP contribution in [0.1, 0.15) is 31.4 Å². The van der Waals surface area contributed by atoms with Gasteiger partial charge in [-0.1, -0.05) is 13.8 Å².